The minimum absolute atomic E-state index is 0.0928. The maximum absolute atomic E-state index is 14.0. The van der Waals surface area contributed by atoms with Gasteiger partial charge in [0.05, 0.1) is 6.61 Å². The molecule has 0 aliphatic carbocycles. The minimum atomic E-state index is -0.358. The minimum Gasteiger partial charge on any atom is -0.464 e. The fraction of sp³-hybridized carbons (Fsp3) is 0.750. The molecule has 1 atom stereocenters. The van der Waals surface area contributed by atoms with Gasteiger partial charge in [0.25, 0.3) is 0 Å². The summed E-state index contributed by atoms with van der Waals surface area (Å²) in [5.74, 6) is 0.539. The Morgan fingerprint density at radius 3 is 2.32 bits per heavy atom. The highest BCUT2D eigenvalue weighted by Crippen LogP contribution is 2.33. The van der Waals surface area contributed by atoms with E-state index in [0.29, 0.717) is 12.5 Å². The second kappa shape index (κ2) is 13.6. The smallest absolute Gasteiger partial charge is 0.189 e. The highest BCUT2D eigenvalue weighted by Gasteiger charge is 2.23. The molecule has 0 N–H and O–H groups in total. The standard InChI is InChI=1S/C24H40BrFO2/c1-6-8-9-10-11-12-13-20(24(3,4)5)14-15-27-18-28-23-16-19(7-2)21(25)17-22(23)26/h16-17,20H,6-15,18H2,1-5H3. The van der Waals surface area contributed by atoms with E-state index in [4.69, 9.17) is 9.47 Å². The number of hydrogen-bond acceptors (Lipinski definition) is 2. The molecule has 0 fully saturated rings. The average molecular weight is 459 g/mol. The van der Waals surface area contributed by atoms with Crippen LogP contribution in [0.15, 0.2) is 16.6 Å². The highest BCUT2D eigenvalue weighted by atomic mass is 79.9. The molecule has 0 radical (unpaired) electrons. The summed E-state index contributed by atoms with van der Waals surface area (Å²) in [6.07, 6.45) is 11.1. The molecule has 0 aliphatic heterocycles. The van der Waals surface area contributed by atoms with Gasteiger partial charge in [-0.25, -0.2) is 4.39 Å². The summed E-state index contributed by atoms with van der Waals surface area (Å²) in [7, 11) is 0. The van der Waals surface area contributed by atoms with Crippen molar-refractivity contribution >= 4 is 15.9 Å². The van der Waals surface area contributed by atoms with Crippen molar-refractivity contribution in [3.63, 3.8) is 0 Å². The molecule has 1 rings (SSSR count). The van der Waals surface area contributed by atoms with Crippen LogP contribution in [0.5, 0.6) is 5.75 Å². The third-order valence-corrected chi connectivity index (χ3v) is 6.26. The van der Waals surface area contributed by atoms with Crippen molar-refractivity contribution < 1.29 is 13.9 Å². The lowest BCUT2D eigenvalue weighted by Crippen LogP contribution is -2.22. The second-order valence-corrected chi connectivity index (χ2v) is 9.66. The molecule has 1 aromatic carbocycles. The monoisotopic (exact) mass is 458 g/mol. The zero-order chi connectivity index (χ0) is 21.0. The first-order chi connectivity index (χ1) is 13.3. The molecule has 4 heteroatoms. The fourth-order valence-electron chi connectivity index (χ4n) is 3.52. The van der Waals surface area contributed by atoms with Crippen LogP contribution >= 0.6 is 15.9 Å². The molecule has 1 unspecified atom stereocenters. The quantitative estimate of drug-likeness (QED) is 0.206. The van der Waals surface area contributed by atoms with Crippen LogP contribution in [0.25, 0.3) is 0 Å². The number of aryl methyl sites for hydroxylation is 1. The first-order valence-corrected chi connectivity index (χ1v) is 11.8. The molecule has 0 saturated heterocycles. The van der Waals surface area contributed by atoms with E-state index in [1.807, 2.05) is 6.92 Å². The number of rotatable bonds is 14. The zero-order valence-electron chi connectivity index (χ0n) is 18.6. The number of halogens is 2. The summed E-state index contributed by atoms with van der Waals surface area (Å²) in [5.41, 5.74) is 1.31. The summed E-state index contributed by atoms with van der Waals surface area (Å²) in [6, 6.07) is 3.21. The number of benzene rings is 1. The number of unbranched alkanes of at least 4 members (excludes halogenated alkanes) is 5. The third kappa shape index (κ3) is 9.73. The zero-order valence-corrected chi connectivity index (χ0v) is 20.2. The van der Waals surface area contributed by atoms with E-state index in [1.54, 1.807) is 6.07 Å². The van der Waals surface area contributed by atoms with E-state index in [0.717, 1.165) is 22.9 Å². The summed E-state index contributed by atoms with van der Waals surface area (Å²) < 4.78 is 26.0. The lowest BCUT2D eigenvalue weighted by molar-refractivity contribution is 0.0000906. The molecular weight excluding hydrogens is 419 g/mol. The average Bonchev–Trinajstić information content (AvgIpc) is 2.63. The van der Waals surface area contributed by atoms with E-state index in [1.165, 1.54) is 51.0 Å². The molecule has 0 heterocycles. The highest BCUT2D eigenvalue weighted by molar-refractivity contribution is 9.10. The molecule has 0 spiro atoms. The van der Waals surface area contributed by atoms with Crippen molar-refractivity contribution in [1.29, 1.82) is 0 Å². The Labute approximate surface area is 180 Å². The topological polar surface area (TPSA) is 18.5 Å². The molecular formula is C24H40BrFO2. The molecule has 28 heavy (non-hydrogen) atoms. The van der Waals surface area contributed by atoms with Crippen LogP contribution in [0.1, 0.15) is 91.5 Å². The second-order valence-electron chi connectivity index (χ2n) is 8.81. The Morgan fingerprint density at radius 1 is 1.00 bits per heavy atom. The lowest BCUT2D eigenvalue weighted by atomic mass is 9.76. The Hall–Kier alpha value is -0.610. The predicted molar refractivity (Wildman–Crippen MR) is 120 cm³/mol. The van der Waals surface area contributed by atoms with Crippen molar-refractivity contribution in [2.75, 3.05) is 13.4 Å². The Balaban J connectivity index is 2.34. The van der Waals surface area contributed by atoms with Crippen molar-refractivity contribution in [3.05, 3.63) is 28.0 Å². The SMILES string of the molecule is CCCCCCCCC(CCOCOc1cc(CC)c(Br)cc1F)C(C)(C)C. The van der Waals surface area contributed by atoms with E-state index in [2.05, 4.69) is 43.6 Å². The molecule has 162 valence electrons. The first kappa shape index (κ1) is 25.4. The summed E-state index contributed by atoms with van der Waals surface area (Å²) in [5, 5.41) is 0. The lowest BCUT2D eigenvalue weighted by Gasteiger charge is -2.31. The van der Waals surface area contributed by atoms with Crippen LogP contribution in [0, 0.1) is 17.2 Å². The van der Waals surface area contributed by atoms with Gasteiger partial charge in [0.2, 0.25) is 0 Å². The van der Waals surface area contributed by atoms with Gasteiger partial charge in [-0.3, -0.25) is 0 Å². The fourth-order valence-corrected chi connectivity index (χ4v) is 4.12. The molecule has 1 aromatic rings. The molecule has 0 aromatic heterocycles. The predicted octanol–water partition coefficient (Wildman–Crippen LogP) is 8.31. The van der Waals surface area contributed by atoms with Gasteiger partial charge in [0.1, 0.15) is 0 Å². The largest absolute Gasteiger partial charge is 0.464 e. The molecule has 0 bridgehead atoms. The molecule has 0 aliphatic rings. The van der Waals surface area contributed by atoms with Gasteiger partial charge >= 0.3 is 0 Å². The van der Waals surface area contributed by atoms with E-state index < -0.39 is 0 Å². The van der Waals surface area contributed by atoms with Crippen LogP contribution in [0.4, 0.5) is 4.39 Å². The maximum atomic E-state index is 14.0. The van der Waals surface area contributed by atoms with Crippen LogP contribution in [-0.4, -0.2) is 13.4 Å². The van der Waals surface area contributed by atoms with Gasteiger partial charge in [-0.15, -0.1) is 0 Å². The Morgan fingerprint density at radius 2 is 1.68 bits per heavy atom. The van der Waals surface area contributed by atoms with Gasteiger partial charge in [-0.2, -0.15) is 0 Å². The van der Waals surface area contributed by atoms with Crippen molar-refractivity contribution in [3.8, 4) is 5.75 Å². The van der Waals surface area contributed by atoms with Crippen molar-refractivity contribution in [2.24, 2.45) is 11.3 Å². The normalized spacial score (nSPS) is 13.0. The molecule has 0 saturated carbocycles. The maximum Gasteiger partial charge on any atom is 0.189 e. The Bertz CT molecular complexity index is 554. The van der Waals surface area contributed by atoms with Crippen LogP contribution < -0.4 is 4.74 Å². The van der Waals surface area contributed by atoms with Gasteiger partial charge < -0.3 is 9.47 Å². The molecule has 0 amide bonds. The van der Waals surface area contributed by atoms with Crippen LogP contribution in [0.3, 0.4) is 0 Å². The summed E-state index contributed by atoms with van der Waals surface area (Å²) >= 11 is 3.38. The van der Waals surface area contributed by atoms with Crippen molar-refractivity contribution in [1.82, 2.24) is 0 Å². The van der Waals surface area contributed by atoms with E-state index >= 15 is 0 Å². The van der Waals surface area contributed by atoms with Gasteiger partial charge in [0, 0.05) is 4.47 Å². The van der Waals surface area contributed by atoms with E-state index in [9.17, 15) is 4.39 Å². The summed E-state index contributed by atoms with van der Waals surface area (Å²) in [6.45, 7) is 12.0. The molecule has 2 nitrogen and oxygen atoms in total. The van der Waals surface area contributed by atoms with Crippen LogP contribution in [0.2, 0.25) is 0 Å². The van der Waals surface area contributed by atoms with Gasteiger partial charge in [0.15, 0.2) is 18.4 Å². The third-order valence-electron chi connectivity index (χ3n) is 5.52. The number of ether oxygens (including phenoxy) is 2. The number of hydrogen-bond donors (Lipinski definition) is 0. The Kier molecular flexibility index (Phi) is 12.3. The summed E-state index contributed by atoms with van der Waals surface area (Å²) in [4.78, 5) is 0. The van der Waals surface area contributed by atoms with Crippen molar-refractivity contribution in [2.45, 2.75) is 92.4 Å². The van der Waals surface area contributed by atoms with E-state index in [-0.39, 0.29) is 23.8 Å². The van der Waals surface area contributed by atoms with Crippen LogP contribution in [-0.2, 0) is 11.2 Å². The van der Waals surface area contributed by atoms with Gasteiger partial charge in [-0.05, 0) is 48.3 Å². The van der Waals surface area contributed by atoms with Gasteiger partial charge in [-0.1, -0.05) is 89.1 Å². The first-order valence-electron chi connectivity index (χ1n) is 11.0.